The van der Waals surface area contributed by atoms with Gasteiger partial charge in [-0.2, -0.15) is 0 Å². The first kappa shape index (κ1) is 13.3. The number of ether oxygens (including phenoxy) is 1. The molecule has 2 fully saturated rings. The van der Waals surface area contributed by atoms with E-state index in [1.54, 1.807) is 0 Å². The van der Waals surface area contributed by atoms with Gasteiger partial charge >= 0.3 is 5.97 Å². The molecule has 0 aliphatic heterocycles. The normalized spacial score (nSPS) is 39.1. The van der Waals surface area contributed by atoms with Gasteiger partial charge in [0.1, 0.15) is 6.10 Å². The van der Waals surface area contributed by atoms with Gasteiger partial charge in [-0.1, -0.05) is 40.7 Å². The minimum absolute atomic E-state index is 0.136. The molecule has 2 aliphatic carbocycles. The van der Waals surface area contributed by atoms with E-state index in [2.05, 4.69) is 34.3 Å². The summed E-state index contributed by atoms with van der Waals surface area (Å²) in [5.41, 5.74) is 0.699. The third-order valence-corrected chi connectivity index (χ3v) is 4.35. The van der Waals surface area contributed by atoms with E-state index in [1.807, 2.05) is 0 Å². The molecule has 2 heteroatoms. The number of rotatable bonds is 2. The lowest BCUT2D eigenvalue weighted by atomic mass is 9.38. The largest absolute Gasteiger partial charge is 0.459 e. The van der Waals surface area contributed by atoms with Gasteiger partial charge < -0.3 is 4.74 Å². The average molecular weight is 224 g/mol. The zero-order valence-electron chi connectivity index (χ0n) is 11.0. The third kappa shape index (κ3) is 1.90. The van der Waals surface area contributed by atoms with E-state index in [1.165, 1.54) is 25.3 Å². The van der Waals surface area contributed by atoms with E-state index in [4.69, 9.17) is 4.74 Å². The maximum atomic E-state index is 11.0. The van der Waals surface area contributed by atoms with Crippen LogP contribution in [-0.2, 0) is 9.53 Å². The molecule has 0 aromatic carbocycles. The van der Waals surface area contributed by atoms with Crippen LogP contribution in [0.4, 0.5) is 0 Å². The van der Waals surface area contributed by atoms with Crippen LogP contribution in [-0.4, -0.2) is 12.1 Å². The Kier molecular flexibility index (Phi) is 3.82. The highest BCUT2D eigenvalue weighted by Gasteiger charge is 2.67. The van der Waals surface area contributed by atoms with Crippen molar-refractivity contribution >= 4 is 5.97 Å². The second kappa shape index (κ2) is 4.60. The van der Waals surface area contributed by atoms with Gasteiger partial charge in [-0.25, -0.2) is 4.79 Å². The molecule has 2 nitrogen and oxygen atoms in total. The van der Waals surface area contributed by atoms with E-state index in [0.717, 1.165) is 6.42 Å². The van der Waals surface area contributed by atoms with Gasteiger partial charge in [0, 0.05) is 11.5 Å². The average Bonchev–Trinajstić information content (AvgIpc) is 2.26. The fourth-order valence-corrected chi connectivity index (χ4v) is 2.69. The van der Waals surface area contributed by atoms with Gasteiger partial charge in [-0.3, -0.25) is 0 Å². The predicted molar refractivity (Wildman–Crippen MR) is 66.1 cm³/mol. The molecule has 2 unspecified atom stereocenters. The fourth-order valence-electron chi connectivity index (χ4n) is 2.69. The fraction of sp³-hybridized carbons (Fsp3) is 0.786. The first-order valence-electron chi connectivity index (χ1n) is 6.26. The quantitative estimate of drug-likeness (QED) is 0.528. The molecule has 0 aromatic heterocycles. The van der Waals surface area contributed by atoms with Crippen LogP contribution < -0.4 is 0 Å². The maximum Gasteiger partial charge on any atom is 0.330 e. The molecule has 3 atom stereocenters. The van der Waals surface area contributed by atoms with E-state index in [0.29, 0.717) is 5.41 Å². The van der Waals surface area contributed by atoms with Crippen LogP contribution in [0.3, 0.4) is 0 Å². The SMILES string of the molecule is C=CC(=O)OC1C[C@@]2(C)CCC12C.CCC. The summed E-state index contributed by atoms with van der Waals surface area (Å²) in [6.07, 6.45) is 6.14. The van der Waals surface area contributed by atoms with Crippen LogP contribution >= 0.6 is 0 Å². The van der Waals surface area contributed by atoms with Gasteiger partial charge in [0.05, 0.1) is 0 Å². The zero-order valence-corrected chi connectivity index (χ0v) is 11.0. The second-order valence-corrected chi connectivity index (χ2v) is 5.52. The Bertz CT molecular complexity index is 284. The first-order chi connectivity index (χ1) is 7.43. The Morgan fingerprint density at radius 1 is 1.44 bits per heavy atom. The minimum atomic E-state index is -0.278. The molecule has 0 amide bonds. The molecule has 0 heterocycles. The number of esters is 1. The van der Waals surface area contributed by atoms with E-state index >= 15 is 0 Å². The molecule has 0 saturated heterocycles. The van der Waals surface area contributed by atoms with Crippen molar-refractivity contribution in [2.24, 2.45) is 10.8 Å². The van der Waals surface area contributed by atoms with E-state index in [9.17, 15) is 4.79 Å². The van der Waals surface area contributed by atoms with Crippen molar-refractivity contribution < 1.29 is 9.53 Å². The van der Waals surface area contributed by atoms with Crippen LogP contribution in [0.15, 0.2) is 12.7 Å². The summed E-state index contributed by atoms with van der Waals surface area (Å²) >= 11 is 0. The molecule has 0 N–H and O–H groups in total. The molecule has 2 aliphatic rings. The summed E-state index contributed by atoms with van der Waals surface area (Å²) in [6.45, 7) is 12.2. The summed E-state index contributed by atoms with van der Waals surface area (Å²) in [7, 11) is 0. The Morgan fingerprint density at radius 2 is 2.00 bits per heavy atom. The summed E-state index contributed by atoms with van der Waals surface area (Å²) in [6, 6.07) is 0. The Hall–Kier alpha value is -0.790. The molecule has 92 valence electrons. The van der Waals surface area contributed by atoms with Gasteiger partial charge in [0.15, 0.2) is 0 Å². The van der Waals surface area contributed by atoms with Crippen molar-refractivity contribution in [1.29, 1.82) is 0 Å². The summed E-state index contributed by atoms with van der Waals surface area (Å²) in [5.74, 6) is -0.278. The number of carbonyl (C=O) groups excluding carboxylic acids is 1. The molecular formula is C14H24O2. The first-order valence-corrected chi connectivity index (χ1v) is 6.26. The van der Waals surface area contributed by atoms with Gasteiger partial charge in [-0.15, -0.1) is 0 Å². The lowest BCUT2D eigenvalue weighted by Gasteiger charge is -2.68. The Balaban J connectivity index is 0.000000386. The van der Waals surface area contributed by atoms with Gasteiger partial charge in [-0.05, 0) is 24.7 Å². The van der Waals surface area contributed by atoms with Crippen molar-refractivity contribution in [2.75, 3.05) is 0 Å². The minimum Gasteiger partial charge on any atom is -0.459 e. The smallest absolute Gasteiger partial charge is 0.330 e. The summed E-state index contributed by atoms with van der Waals surface area (Å²) in [5, 5.41) is 0. The van der Waals surface area contributed by atoms with E-state index in [-0.39, 0.29) is 17.5 Å². The van der Waals surface area contributed by atoms with Crippen molar-refractivity contribution in [2.45, 2.75) is 59.5 Å². The number of carbonyl (C=O) groups is 1. The zero-order chi connectivity index (χ0) is 12.4. The third-order valence-electron chi connectivity index (χ3n) is 4.35. The predicted octanol–water partition coefficient (Wildman–Crippen LogP) is 3.71. The van der Waals surface area contributed by atoms with E-state index < -0.39 is 0 Å². The maximum absolute atomic E-state index is 11.0. The number of hydrogen-bond acceptors (Lipinski definition) is 2. The van der Waals surface area contributed by atoms with Gasteiger partial charge in [0.25, 0.3) is 0 Å². The lowest BCUT2D eigenvalue weighted by molar-refractivity contribution is -0.252. The van der Waals surface area contributed by atoms with Gasteiger partial charge in [0.2, 0.25) is 0 Å². The highest BCUT2D eigenvalue weighted by atomic mass is 16.5. The molecule has 0 bridgehead atoms. The molecule has 0 spiro atoms. The summed E-state index contributed by atoms with van der Waals surface area (Å²) in [4.78, 5) is 11.0. The Labute approximate surface area is 99.1 Å². The van der Waals surface area contributed by atoms with Crippen molar-refractivity contribution in [1.82, 2.24) is 0 Å². The van der Waals surface area contributed by atoms with Crippen LogP contribution in [0, 0.1) is 10.8 Å². The van der Waals surface area contributed by atoms with Crippen molar-refractivity contribution in [3.63, 3.8) is 0 Å². The van der Waals surface area contributed by atoms with Crippen LogP contribution in [0.2, 0.25) is 0 Å². The molecule has 16 heavy (non-hydrogen) atoms. The van der Waals surface area contributed by atoms with Crippen LogP contribution in [0.1, 0.15) is 53.4 Å². The monoisotopic (exact) mass is 224 g/mol. The lowest BCUT2D eigenvalue weighted by Crippen LogP contribution is -2.66. The highest BCUT2D eigenvalue weighted by Crippen LogP contribution is 2.70. The standard InChI is InChI=1S/C11H16O2.C3H8/c1-4-9(12)13-8-7-10(2)5-6-11(8,10)3;1-3-2/h4,8H,1,5-7H2,2-3H3;3H2,1-2H3/t8?,10-,11?;/m1./s1. The number of hydrogen-bond donors (Lipinski definition) is 0. The second-order valence-electron chi connectivity index (χ2n) is 5.52. The van der Waals surface area contributed by atoms with Crippen molar-refractivity contribution in [3.8, 4) is 0 Å². The van der Waals surface area contributed by atoms with Crippen LogP contribution in [0.5, 0.6) is 0 Å². The highest BCUT2D eigenvalue weighted by molar-refractivity contribution is 5.81. The molecule has 0 radical (unpaired) electrons. The van der Waals surface area contributed by atoms with Crippen LogP contribution in [0.25, 0.3) is 0 Å². The Morgan fingerprint density at radius 3 is 2.25 bits per heavy atom. The topological polar surface area (TPSA) is 26.3 Å². The molecule has 2 rings (SSSR count). The summed E-state index contributed by atoms with van der Waals surface area (Å²) < 4.78 is 5.28. The number of fused-ring (bicyclic) bond motifs is 1. The molecule has 0 aromatic rings. The molecular weight excluding hydrogens is 200 g/mol. The molecule has 2 saturated carbocycles. The van der Waals surface area contributed by atoms with Crippen molar-refractivity contribution in [3.05, 3.63) is 12.7 Å².